The van der Waals surface area contributed by atoms with E-state index in [1.807, 2.05) is 35.8 Å². The third-order valence-electron chi connectivity index (χ3n) is 4.69. The molecule has 0 spiro atoms. The topological polar surface area (TPSA) is 72.9 Å². The maximum atomic E-state index is 6.51. The lowest BCUT2D eigenvalue weighted by molar-refractivity contribution is 0.374. The Hall–Kier alpha value is -2.06. The van der Waals surface area contributed by atoms with Crippen LogP contribution in [-0.4, -0.2) is 38.0 Å². The summed E-state index contributed by atoms with van der Waals surface area (Å²) >= 11 is 8.06. The van der Waals surface area contributed by atoms with Crippen molar-refractivity contribution in [3.63, 3.8) is 0 Å². The van der Waals surface area contributed by atoms with Crippen LogP contribution >= 0.6 is 23.4 Å². The Bertz CT molecular complexity index is 936. The van der Waals surface area contributed by atoms with Crippen LogP contribution in [0.5, 0.6) is 0 Å². The van der Waals surface area contributed by atoms with Gasteiger partial charge in [0, 0.05) is 19.5 Å². The zero-order chi connectivity index (χ0) is 19.5. The predicted molar refractivity (Wildman–Crippen MR) is 110 cm³/mol. The van der Waals surface area contributed by atoms with Gasteiger partial charge in [0.15, 0.2) is 11.0 Å². The number of rotatable bonds is 7. The van der Waals surface area contributed by atoms with Gasteiger partial charge in [0.05, 0.1) is 16.0 Å². The Morgan fingerprint density at radius 1 is 1.21 bits per heavy atom. The molecule has 148 valence electrons. The molecule has 28 heavy (non-hydrogen) atoms. The lowest BCUT2D eigenvalue weighted by Gasteiger charge is -2.19. The molecule has 2 aromatic heterocycles. The molecule has 1 fully saturated rings. The van der Waals surface area contributed by atoms with E-state index in [1.165, 1.54) is 0 Å². The number of aromatic nitrogens is 5. The van der Waals surface area contributed by atoms with E-state index in [0.717, 1.165) is 61.4 Å². The summed E-state index contributed by atoms with van der Waals surface area (Å²) in [6.45, 7) is 6.09. The van der Waals surface area contributed by atoms with Gasteiger partial charge in [0.1, 0.15) is 0 Å². The van der Waals surface area contributed by atoms with Crippen LogP contribution in [0.2, 0.25) is 5.02 Å². The fraction of sp³-hybridized carbons (Fsp3) is 0.474. The van der Waals surface area contributed by atoms with Crippen LogP contribution in [0.1, 0.15) is 50.1 Å². The van der Waals surface area contributed by atoms with Crippen molar-refractivity contribution in [3.05, 3.63) is 41.0 Å². The van der Waals surface area contributed by atoms with E-state index in [4.69, 9.17) is 16.1 Å². The molecular weight excluding hydrogens is 396 g/mol. The first-order valence-electron chi connectivity index (χ1n) is 9.61. The average molecular weight is 419 g/mol. The number of para-hydroxylation sites is 1. The monoisotopic (exact) mass is 418 g/mol. The molecule has 0 radical (unpaired) electrons. The van der Waals surface area contributed by atoms with Crippen LogP contribution in [-0.2, 0) is 6.42 Å². The standard InChI is InChI=1S/C19H23ClN6OS/c1-3-8-16-21-17(27-24-16)13(2)28-19-23-22-18(25-11-6-7-12-25)26(19)15-10-5-4-9-14(15)20/h4-5,9-10,13H,3,6-8,11-12H2,1-2H3. The molecule has 1 saturated heterocycles. The van der Waals surface area contributed by atoms with Gasteiger partial charge >= 0.3 is 0 Å². The van der Waals surface area contributed by atoms with Gasteiger partial charge < -0.3 is 9.42 Å². The fourth-order valence-electron chi connectivity index (χ4n) is 3.27. The fourth-order valence-corrected chi connectivity index (χ4v) is 4.38. The zero-order valence-corrected chi connectivity index (χ0v) is 17.6. The molecule has 3 heterocycles. The summed E-state index contributed by atoms with van der Waals surface area (Å²) in [4.78, 5) is 6.77. The lowest BCUT2D eigenvalue weighted by atomic mass is 10.3. The van der Waals surface area contributed by atoms with Crippen molar-refractivity contribution in [3.8, 4) is 5.69 Å². The molecule has 0 saturated carbocycles. The minimum absolute atomic E-state index is 0.0463. The molecule has 1 aliphatic rings. The third kappa shape index (κ3) is 3.89. The SMILES string of the molecule is CCCc1noc(C(C)Sc2nnc(N3CCCC3)n2-c2ccccc2Cl)n1. The second kappa shape index (κ2) is 8.53. The van der Waals surface area contributed by atoms with Gasteiger partial charge in [0.25, 0.3) is 0 Å². The highest BCUT2D eigenvalue weighted by molar-refractivity contribution is 7.99. The van der Waals surface area contributed by atoms with Crippen molar-refractivity contribution < 1.29 is 4.52 Å². The number of anilines is 1. The first kappa shape index (κ1) is 19.3. The van der Waals surface area contributed by atoms with E-state index in [-0.39, 0.29) is 5.25 Å². The van der Waals surface area contributed by atoms with Gasteiger partial charge in [-0.25, -0.2) is 0 Å². The van der Waals surface area contributed by atoms with Gasteiger partial charge in [0.2, 0.25) is 11.8 Å². The van der Waals surface area contributed by atoms with E-state index in [2.05, 4.69) is 32.2 Å². The van der Waals surface area contributed by atoms with Gasteiger partial charge in [-0.15, -0.1) is 10.2 Å². The van der Waals surface area contributed by atoms with Crippen molar-refractivity contribution >= 4 is 29.3 Å². The number of benzene rings is 1. The summed E-state index contributed by atoms with van der Waals surface area (Å²) in [5.74, 6) is 2.18. The molecule has 0 amide bonds. The molecule has 0 aliphatic carbocycles. The summed E-state index contributed by atoms with van der Waals surface area (Å²) in [6, 6.07) is 7.78. The Morgan fingerprint density at radius 2 is 2.00 bits per heavy atom. The smallest absolute Gasteiger partial charge is 0.239 e. The van der Waals surface area contributed by atoms with Crippen LogP contribution in [0.25, 0.3) is 5.69 Å². The summed E-state index contributed by atoms with van der Waals surface area (Å²) in [6.07, 6.45) is 4.13. The number of hydrogen-bond donors (Lipinski definition) is 0. The van der Waals surface area contributed by atoms with Gasteiger partial charge in [-0.1, -0.05) is 47.6 Å². The highest BCUT2D eigenvalue weighted by Gasteiger charge is 2.26. The van der Waals surface area contributed by atoms with Crippen molar-refractivity contribution in [1.82, 2.24) is 24.9 Å². The highest BCUT2D eigenvalue weighted by Crippen LogP contribution is 2.38. The van der Waals surface area contributed by atoms with E-state index in [9.17, 15) is 0 Å². The summed E-state index contributed by atoms with van der Waals surface area (Å²) in [5, 5.41) is 14.4. The first-order valence-corrected chi connectivity index (χ1v) is 10.9. The summed E-state index contributed by atoms with van der Waals surface area (Å²) in [5.41, 5.74) is 0.878. The lowest BCUT2D eigenvalue weighted by Crippen LogP contribution is -2.22. The molecule has 9 heteroatoms. The predicted octanol–water partition coefficient (Wildman–Crippen LogP) is 4.71. The number of halogens is 1. The largest absolute Gasteiger partial charge is 0.341 e. The van der Waals surface area contributed by atoms with Crippen LogP contribution < -0.4 is 4.90 Å². The maximum Gasteiger partial charge on any atom is 0.239 e. The van der Waals surface area contributed by atoms with Crippen LogP contribution in [0, 0.1) is 0 Å². The van der Waals surface area contributed by atoms with E-state index in [1.54, 1.807) is 11.8 Å². The number of hydrogen-bond acceptors (Lipinski definition) is 7. The number of thioether (sulfide) groups is 1. The second-order valence-corrected chi connectivity index (χ2v) is 8.54. The molecule has 1 atom stereocenters. The molecule has 4 rings (SSSR count). The molecule has 1 aromatic carbocycles. The second-order valence-electron chi connectivity index (χ2n) is 6.82. The zero-order valence-electron chi connectivity index (χ0n) is 16.0. The quantitative estimate of drug-likeness (QED) is 0.514. The summed E-state index contributed by atoms with van der Waals surface area (Å²) < 4.78 is 7.49. The van der Waals surface area contributed by atoms with Crippen molar-refractivity contribution in [1.29, 1.82) is 0 Å². The summed E-state index contributed by atoms with van der Waals surface area (Å²) in [7, 11) is 0. The van der Waals surface area contributed by atoms with Crippen molar-refractivity contribution in [2.75, 3.05) is 18.0 Å². The molecule has 0 bridgehead atoms. The van der Waals surface area contributed by atoms with Gasteiger partial charge in [-0.05, 0) is 38.3 Å². The Morgan fingerprint density at radius 3 is 2.75 bits per heavy atom. The Labute approximate surface area is 173 Å². The Balaban J connectivity index is 1.67. The van der Waals surface area contributed by atoms with E-state index in [0.29, 0.717) is 10.9 Å². The molecule has 3 aromatic rings. The number of aryl methyl sites for hydroxylation is 1. The highest BCUT2D eigenvalue weighted by atomic mass is 35.5. The van der Waals surface area contributed by atoms with E-state index >= 15 is 0 Å². The Kier molecular flexibility index (Phi) is 5.87. The first-order chi connectivity index (χ1) is 13.7. The maximum absolute atomic E-state index is 6.51. The minimum Gasteiger partial charge on any atom is -0.341 e. The molecule has 0 N–H and O–H groups in total. The van der Waals surface area contributed by atoms with Crippen LogP contribution in [0.4, 0.5) is 5.95 Å². The molecule has 1 aliphatic heterocycles. The molecule has 7 nitrogen and oxygen atoms in total. The van der Waals surface area contributed by atoms with Crippen LogP contribution in [0.3, 0.4) is 0 Å². The molecular formula is C19H23ClN6OS. The van der Waals surface area contributed by atoms with E-state index < -0.39 is 0 Å². The van der Waals surface area contributed by atoms with Gasteiger partial charge in [-0.3, -0.25) is 4.57 Å². The molecule has 1 unspecified atom stereocenters. The normalized spacial score (nSPS) is 15.3. The van der Waals surface area contributed by atoms with Crippen molar-refractivity contribution in [2.45, 2.75) is 49.9 Å². The third-order valence-corrected chi connectivity index (χ3v) is 6.04. The average Bonchev–Trinajstić information content (AvgIpc) is 3.43. The van der Waals surface area contributed by atoms with Crippen molar-refractivity contribution in [2.24, 2.45) is 0 Å². The minimum atomic E-state index is -0.0463. The van der Waals surface area contributed by atoms with Crippen LogP contribution in [0.15, 0.2) is 33.9 Å². The van der Waals surface area contributed by atoms with Gasteiger partial charge in [-0.2, -0.15) is 4.98 Å². The number of nitrogens with zero attached hydrogens (tertiary/aromatic N) is 6.